The van der Waals surface area contributed by atoms with Crippen molar-refractivity contribution in [3.05, 3.63) is 59.7 Å². The van der Waals surface area contributed by atoms with E-state index < -0.39 is 11.6 Å². The minimum Gasteiger partial charge on any atom is -0.376 e. The lowest BCUT2D eigenvalue weighted by Gasteiger charge is -2.31. The standard InChI is InChI=1S/C18H17F2N/c1-11-10-18(2,3)21-17-5-4-12(8-16(11)17)13-6-14(19)9-15(20)7-13/h4-10,21H,1-3H3. The maximum absolute atomic E-state index is 13.4. The van der Waals surface area contributed by atoms with Crippen LogP contribution in [0.4, 0.5) is 14.5 Å². The lowest BCUT2D eigenvalue weighted by atomic mass is 9.89. The molecule has 3 rings (SSSR count). The van der Waals surface area contributed by atoms with Gasteiger partial charge >= 0.3 is 0 Å². The Bertz CT molecular complexity index is 725. The monoisotopic (exact) mass is 285 g/mol. The van der Waals surface area contributed by atoms with Crippen molar-refractivity contribution in [2.45, 2.75) is 26.3 Å². The van der Waals surface area contributed by atoms with Gasteiger partial charge in [0.25, 0.3) is 0 Å². The molecule has 2 aromatic carbocycles. The van der Waals surface area contributed by atoms with Gasteiger partial charge in [-0.3, -0.25) is 0 Å². The SMILES string of the molecule is CC1=CC(C)(C)Nc2ccc(-c3cc(F)cc(F)c3)cc21. The molecular weight excluding hydrogens is 268 g/mol. The van der Waals surface area contributed by atoms with Gasteiger partial charge in [-0.1, -0.05) is 12.1 Å². The number of fused-ring (bicyclic) bond motifs is 1. The molecule has 0 saturated carbocycles. The van der Waals surface area contributed by atoms with Gasteiger partial charge in [0.2, 0.25) is 0 Å². The lowest BCUT2D eigenvalue weighted by molar-refractivity contribution is 0.584. The fraction of sp³-hybridized carbons (Fsp3) is 0.222. The van der Waals surface area contributed by atoms with E-state index in [1.54, 1.807) is 0 Å². The molecule has 0 atom stereocenters. The summed E-state index contributed by atoms with van der Waals surface area (Å²) in [5.41, 5.74) is 4.53. The first-order chi connectivity index (χ1) is 9.84. The number of rotatable bonds is 1. The van der Waals surface area contributed by atoms with Crippen molar-refractivity contribution in [3.8, 4) is 11.1 Å². The van der Waals surface area contributed by atoms with Gasteiger partial charge in [0.05, 0.1) is 5.54 Å². The summed E-state index contributed by atoms with van der Waals surface area (Å²) in [6, 6.07) is 9.41. The summed E-state index contributed by atoms with van der Waals surface area (Å²) in [5, 5.41) is 3.44. The van der Waals surface area contributed by atoms with E-state index in [2.05, 4.69) is 32.2 Å². The zero-order valence-corrected chi connectivity index (χ0v) is 12.3. The molecule has 0 fully saturated rings. The van der Waals surface area contributed by atoms with Crippen molar-refractivity contribution in [1.82, 2.24) is 0 Å². The minimum atomic E-state index is -0.561. The summed E-state index contributed by atoms with van der Waals surface area (Å²) in [7, 11) is 0. The fourth-order valence-electron chi connectivity index (χ4n) is 2.88. The fourth-order valence-corrected chi connectivity index (χ4v) is 2.88. The smallest absolute Gasteiger partial charge is 0.126 e. The van der Waals surface area contributed by atoms with E-state index in [-0.39, 0.29) is 5.54 Å². The maximum atomic E-state index is 13.4. The van der Waals surface area contributed by atoms with Crippen LogP contribution in [-0.4, -0.2) is 5.54 Å². The van der Waals surface area contributed by atoms with E-state index in [0.29, 0.717) is 5.56 Å². The Hall–Kier alpha value is -2.16. The molecule has 0 spiro atoms. The van der Waals surface area contributed by atoms with Gasteiger partial charge in [-0.15, -0.1) is 0 Å². The van der Waals surface area contributed by atoms with E-state index >= 15 is 0 Å². The van der Waals surface area contributed by atoms with Crippen LogP contribution in [0.5, 0.6) is 0 Å². The largest absolute Gasteiger partial charge is 0.376 e. The molecule has 0 radical (unpaired) electrons. The molecule has 1 aliphatic rings. The number of halogens is 2. The number of allylic oxidation sites excluding steroid dienone is 1. The second-order valence-electron chi connectivity index (χ2n) is 6.09. The zero-order valence-electron chi connectivity index (χ0n) is 12.3. The second kappa shape index (κ2) is 4.69. The number of benzene rings is 2. The van der Waals surface area contributed by atoms with Crippen LogP contribution >= 0.6 is 0 Å². The summed E-state index contributed by atoms with van der Waals surface area (Å²) >= 11 is 0. The van der Waals surface area contributed by atoms with Crippen LogP contribution in [0.3, 0.4) is 0 Å². The van der Waals surface area contributed by atoms with Crippen LogP contribution in [0.25, 0.3) is 16.7 Å². The molecule has 1 N–H and O–H groups in total. The van der Waals surface area contributed by atoms with Gasteiger partial charge in [0, 0.05) is 17.3 Å². The van der Waals surface area contributed by atoms with E-state index in [1.165, 1.54) is 12.1 Å². The molecule has 108 valence electrons. The highest BCUT2D eigenvalue weighted by molar-refractivity contribution is 5.83. The number of hydrogen-bond acceptors (Lipinski definition) is 1. The summed E-state index contributed by atoms with van der Waals surface area (Å²) in [4.78, 5) is 0. The number of anilines is 1. The highest BCUT2D eigenvalue weighted by Gasteiger charge is 2.22. The molecule has 0 unspecified atom stereocenters. The maximum Gasteiger partial charge on any atom is 0.126 e. The van der Waals surface area contributed by atoms with Crippen molar-refractivity contribution >= 4 is 11.3 Å². The highest BCUT2D eigenvalue weighted by Crippen LogP contribution is 2.36. The molecule has 0 amide bonds. The number of nitrogens with one attached hydrogen (secondary N) is 1. The molecule has 0 saturated heterocycles. The predicted octanol–water partition coefficient (Wildman–Crippen LogP) is 5.24. The molecule has 0 aliphatic carbocycles. The topological polar surface area (TPSA) is 12.0 Å². The van der Waals surface area contributed by atoms with E-state index in [4.69, 9.17) is 0 Å². The highest BCUT2D eigenvalue weighted by atomic mass is 19.1. The third-order valence-corrected chi connectivity index (χ3v) is 3.67. The predicted molar refractivity (Wildman–Crippen MR) is 83.1 cm³/mol. The van der Waals surface area contributed by atoms with Crippen LogP contribution in [0, 0.1) is 11.6 Å². The zero-order chi connectivity index (χ0) is 15.2. The molecule has 1 heterocycles. The summed E-state index contributed by atoms with van der Waals surface area (Å²) in [6.45, 7) is 6.27. The first-order valence-electron chi connectivity index (χ1n) is 6.93. The second-order valence-corrected chi connectivity index (χ2v) is 6.09. The molecular formula is C18H17F2N. The van der Waals surface area contributed by atoms with Crippen LogP contribution in [0.15, 0.2) is 42.5 Å². The van der Waals surface area contributed by atoms with E-state index in [9.17, 15) is 8.78 Å². The van der Waals surface area contributed by atoms with Crippen LogP contribution < -0.4 is 5.32 Å². The van der Waals surface area contributed by atoms with Crippen LogP contribution in [0.1, 0.15) is 26.3 Å². The summed E-state index contributed by atoms with van der Waals surface area (Å²) < 4.78 is 26.7. The number of hydrogen-bond donors (Lipinski definition) is 1. The Morgan fingerprint density at radius 3 is 2.24 bits per heavy atom. The normalized spacial score (nSPS) is 16.0. The summed E-state index contributed by atoms with van der Waals surface area (Å²) in [5.74, 6) is -1.12. The Labute approximate surface area is 123 Å². The Morgan fingerprint density at radius 1 is 0.905 bits per heavy atom. The first kappa shape index (κ1) is 13.8. The third-order valence-electron chi connectivity index (χ3n) is 3.67. The van der Waals surface area contributed by atoms with Crippen LogP contribution in [0.2, 0.25) is 0 Å². The van der Waals surface area contributed by atoms with Crippen LogP contribution in [-0.2, 0) is 0 Å². The Balaban J connectivity index is 2.10. The van der Waals surface area contributed by atoms with Crippen molar-refractivity contribution in [3.63, 3.8) is 0 Å². The van der Waals surface area contributed by atoms with E-state index in [1.807, 2.05) is 18.2 Å². The molecule has 1 nitrogen and oxygen atoms in total. The van der Waals surface area contributed by atoms with Crippen molar-refractivity contribution in [1.29, 1.82) is 0 Å². The van der Waals surface area contributed by atoms with Gasteiger partial charge in [-0.25, -0.2) is 8.78 Å². The van der Waals surface area contributed by atoms with Gasteiger partial charge in [-0.05, 0) is 61.7 Å². The van der Waals surface area contributed by atoms with E-state index in [0.717, 1.165) is 28.5 Å². The minimum absolute atomic E-state index is 0.0937. The first-order valence-corrected chi connectivity index (χ1v) is 6.93. The molecule has 0 bridgehead atoms. The quantitative estimate of drug-likeness (QED) is 0.755. The summed E-state index contributed by atoms with van der Waals surface area (Å²) in [6.07, 6.45) is 2.16. The average molecular weight is 285 g/mol. The van der Waals surface area contributed by atoms with Crippen molar-refractivity contribution < 1.29 is 8.78 Å². The van der Waals surface area contributed by atoms with Crippen molar-refractivity contribution in [2.24, 2.45) is 0 Å². The van der Waals surface area contributed by atoms with Gasteiger partial charge < -0.3 is 5.32 Å². The van der Waals surface area contributed by atoms with Gasteiger partial charge in [0.1, 0.15) is 11.6 Å². The Kier molecular flexibility index (Phi) is 3.08. The lowest BCUT2D eigenvalue weighted by Crippen LogP contribution is -2.31. The Morgan fingerprint density at radius 2 is 1.57 bits per heavy atom. The average Bonchev–Trinajstić information content (AvgIpc) is 2.35. The van der Waals surface area contributed by atoms with Crippen molar-refractivity contribution in [2.75, 3.05) is 5.32 Å². The molecule has 21 heavy (non-hydrogen) atoms. The van der Waals surface area contributed by atoms with Gasteiger partial charge in [0.15, 0.2) is 0 Å². The van der Waals surface area contributed by atoms with Gasteiger partial charge in [-0.2, -0.15) is 0 Å². The molecule has 0 aromatic heterocycles. The molecule has 1 aliphatic heterocycles. The molecule has 3 heteroatoms. The molecule has 2 aromatic rings. The third kappa shape index (κ3) is 2.68.